The Bertz CT molecular complexity index is 154. The van der Waals surface area contributed by atoms with E-state index < -0.39 is 5.97 Å². The number of nitrogens with one attached hydrogen (secondary N) is 1. The Hall–Kier alpha value is -0.570. The molecule has 0 rings (SSSR count). The number of carboxylic acid groups (broad SMARTS) is 1. The van der Waals surface area contributed by atoms with Crippen LogP contribution in [0.25, 0.3) is 0 Å². The van der Waals surface area contributed by atoms with E-state index in [4.69, 9.17) is 5.11 Å². The van der Waals surface area contributed by atoms with Gasteiger partial charge in [0, 0.05) is 0 Å². The Labute approximate surface area is 93.3 Å². The first-order chi connectivity index (χ1) is 7.20. The molecule has 0 saturated heterocycles. The number of hydrogen-bond acceptors (Lipinski definition) is 2. The van der Waals surface area contributed by atoms with Crippen molar-refractivity contribution in [3.05, 3.63) is 0 Å². The van der Waals surface area contributed by atoms with E-state index in [2.05, 4.69) is 19.2 Å². The minimum atomic E-state index is -0.770. The molecule has 3 heteroatoms. The second kappa shape index (κ2) is 9.97. The summed E-state index contributed by atoms with van der Waals surface area (Å²) in [5.74, 6) is 0.0697. The quantitative estimate of drug-likeness (QED) is 0.551. The van der Waals surface area contributed by atoms with Crippen molar-refractivity contribution in [2.45, 2.75) is 52.4 Å². The molecule has 0 aliphatic heterocycles. The Morgan fingerprint density at radius 3 is 2.27 bits per heavy atom. The molecule has 0 aliphatic rings. The van der Waals surface area contributed by atoms with Crippen LogP contribution in [0.15, 0.2) is 0 Å². The smallest absolute Gasteiger partial charge is 0.317 e. The lowest BCUT2D eigenvalue weighted by Gasteiger charge is -2.14. The lowest BCUT2D eigenvalue weighted by Crippen LogP contribution is -2.23. The third kappa shape index (κ3) is 9.73. The number of rotatable bonds is 10. The summed E-state index contributed by atoms with van der Waals surface area (Å²) in [4.78, 5) is 10.2. The molecule has 0 amide bonds. The zero-order chi connectivity index (χ0) is 11.5. The van der Waals surface area contributed by atoms with Crippen molar-refractivity contribution >= 4 is 5.97 Å². The van der Waals surface area contributed by atoms with Crippen molar-refractivity contribution in [2.75, 3.05) is 13.1 Å². The van der Waals surface area contributed by atoms with E-state index in [0.717, 1.165) is 18.9 Å². The molecular weight excluding hydrogens is 190 g/mol. The monoisotopic (exact) mass is 215 g/mol. The Morgan fingerprint density at radius 1 is 1.20 bits per heavy atom. The fourth-order valence-electron chi connectivity index (χ4n) is 1.96. The van der Waals surface area contributed by atoms with Crippen LogP contribution in [-0.2, 0) is 4.79 Å². The first kappa shape index (κ1) is 14.4. The Morgan fingerprint density at radius 2 is 1.80 bits per heavy atom. The van der Waals surface area contributed by atoms with E-state index in [1.54, 1.807) is 0 Å². The minimum Gasteiger partial charge on any atom is -0.480 e. The van der Waals surface area contributed by atoms with Crippen LogP contribution < -0.4 is 5.32 Å². The molecule has 0 aromatic heterocycles. The average Bonchev–Trinajstić information content (AvgIpc) is 2.17. The molecule has 0 spiro atoms. The van der Waals surface area contributed by atoms with Crippen LogP contribution in [0.3, 0.4) is 0 Å². The Balaban J connectivity index is 3.39. The van der Waals surface area contributed by atoms with Crippen LogP contribution in [-0.4, -0.2) is 24.2 Å². The highest BCUT2D eigenvalue weighted by molar-refractivity contribution is 5.68. The summed E-state index contributed by atoms with van der Waals surface area (Å²) in [5.41, 5.74) is 0. The zero-order valence-corrected chi connectivity index (χ0v) is 10.1. The van der Waals surface area contributed by atoms with Crippen molar-refractivity contribution in [2.24, 2.45) is 5.92 Å². The number of aliphatic carboxylic acids is 1. The van der Waals surface area contributed by atoms with Gasteiger partial charge in [-0.2, -0.15) is 0 Å². The molecule has 0 heterocycles. The van der Waals surface area contributed by atoms with E-state index in [9.17, 15) is 4.79 Å². The molecule has 0 atom stereocenters. The topological polar surface area (TPSA) is 49.3 Å². The van der Waals surface area contributed by atoms with Gasteiger partial charge >= 0.3 is 5.97 Å². The Kier molecular flexibility index (Phi) is 9.59. The highest BCUT2D eigenvalue weighted by Gasteiger charge is 2.05. The molecule has 0 saturated carbocycles. The van der Waals surface area contributed by atoms with E-state index >= 15 is 0 Å². The summed E-state index contributed by atoms with van der Waals surface area (Å²) in [7, 11) is 0. The molecule has 2 N–H and O–H groups in total. The van der Waals surface area contributed by atoms with E-state index in [-0.39, 0.29) is 6.54 Å². The molecule has 0 aromatic rings. The van der Waals surface area contributed by atoms with Crippen LogP contribution >= 0.6 is 0 Å². The van der Waals surface area contributed by atoms with Gasteiger partial charge in [0.25, 0.3) is 0 Å². The predicted molar refractivity (Wildman–Crippen MR) is 63.0 cm³/mol. The summed E-state index contributed by atoms with van der Waals surface area (Å²) < 4.78 is 0. The SMILES string of the molecule is CCCC(CCC)CCCNCC(=O)O. The predicted octanol–water partition coefficient (Wildman–Crippen LogP) is 2.66. The second-order valence-corrected chi connectivity index (χ2v) is 4.16. The van der Waals surface area contributed by atoms with Gasteiger partial charge in [-0.1, -0.05) is 39.5 Å². The van der Waals surface area contributed by atoms with Crippen LogP contribution in [0.5, 0.6) is 0 Å². The lowest BCUT2D eigenvalue weighted by atomic mass is 9.93. The van der Waals surface area contributed by atoms with Crippen molar-refractivity contribution in [1.82, 2.24) is 5.32 Å². The number of hydrogen-bond donors (Lipinski definition) is 2. The summed E-state index contributed by atoms with van der Waals surface area (Å²) in [6, 6.07) is 0. The van der Waals surface area contributed by atoms with Gasteiger partial charge in [0.05, 0.1) is 6.54 Å². The summed E-state index contributed by atoms with van der Waals surface area (Å²) >= 11 is 0. The molecule has 15 heavy (non-hydrogen) atoms. The molecule has 0 radical (unpaired) electrons. The summed E-state index contributed by atoms with van der Waals surface area (Å²) in [5, 5.41) is 11.4. The van der Waals surface area contributed by atoms with Crippen LogP contribution in [0, 0.1) is 5.92 Å². The fourth-order valence-corrected chi connectivity index (χ4v) is 1.96. The van der Waals surface area contributed by atoms with Gasteiger partial charge in [-0.15, -0.1) is 0 Å². The number of carboxylic acids is 1. The fraction of sp³-hybridized carbons (Fsp3) is 0.917. The average molecular weight is 215 g/mol. The van der Waals surface area contributed by atoms with Gasteiger partial charge < -0.3 is 10.4 Å². The summed E-state index contributed by atoms with van der Waals surface area (Å²) in [6.07, 6.45) is 7.46. The van der Waals surface area contributed by atoms with Gasteiger partial charge in [-0.3, -0.25) is 4.79 Å². The third-order valence-electron chi connectivity index (χ3n) is 2.64. The van der Waals surface area contributed by atoms with Gasteiger partial charge in [-0.25, -0.2) is 0 Å². The van der Waals surface area contributed by atoms with Gasteiger partial charge in [-0.05, 0) is 25.3 Å². The number of carbonyl (C=O) groups is 1. The van der Waals surface area contributed by atoms with Gasteiger partial charge in [0.15, 0.2) is 0 Å². The largest absolute Gasteiger partial charge is 0.480 e. The first-order valence-corrected chi connectivity index (χ1v) is 6.13. The normalized spacial score (nSPS) is 10.9. The summed E-state index contributed by atoms with van der Waals surface area (Å²) in [6.45, 7) is 5.37. The molecule has 0 aromatic carbocycles. The molecule has 0 aliphatic carbocycles. The third-order valence-corrected chi connectivity index (χ3v) is 2.64. The molecule has 0 unspecified atom stereocenters. The molecule has 90 valence electrons. The van der Waals surface area contributed by atoms with Crippen LogP contribution in [0.4, 0.5) is 0 Å². The van der Waals surface area contributed by atoms with Crippen LogP contribution in [0.1, 0.15) is 52.4 Å². The molecular formula is C12H25NO2. The highest BCUT2D eigenvalue weighted by Crippen LogP contribution is 2.18. The maximum absolute atomic E-state index is 10.2. The van der Waals surface area contributed by atoms with E-state index in [1.807, 2.05) is 0 Å². The minimum absolute atomic E-state index is 0.0895. The lowest BCUT2D eigenvalue weighted by molar-refractivity contribution is -0.135. The van der Waals surface area contributed by atoms with Gasteiger partial charge in [0.1, 0.15) is 0 Å². The van der Waals surface area contributed by atoms with Gasteiger partial charge in [0.2, 0.25) is 0 Å². The zero-order valence-electron chi connectivity index (χ0n) is 10.1. The molecule has 0 bridgehead atoms. The second-order valence-electron chi connectivity index (χ2n) is 4.16. The molecule has 0 fully saturated rings. The maximum Gasteiger partial charge on any atom is 0.317 e. The van der Waals surface area contributed by atoms with Crippen molar-refractivity contribution in [1.29, 1.82) is 0 Å². The highest BCUT2D eigenvalue weighted by atomic mass is 16.4. The molecule has 3 nitrogen and oxygen atoms in total. The van der Waals surface area contributed by atoms with Crippen molar-refractivity contribution in [3.8, 4) is 0 Å². The van der Waals surface area contributed by atoms with Crippen molar-refractivity contribution < 1.29 is 9.90 Å². The van der Waals surface area contributed by atoms with E-state index in [1.165, 1.54) is 32.1 Å². The van der Waals surface area contributed by atoms with Crippen molar-refractivity contribution in [3.63, 3.8) is 0 Å². The first-order valence-electron chi connectivity index (χ1n) is 6.13. The standard InChI is InChI=1S/C12H25NO2/c1-3-6-11(7-4-2)8-5-9-13-10-12(14)15/h11,13H,3-10H2,1-2H3,(H,14,15). The van der Waals surface area contributed by atoms with E-state index in [0.29, 0.717) is 0 Å². The van der Waals surface area contributed by atoms with Crippen LogP contribution in [0.2, 0.25) is 0 Å². The maximum atomic E-state index is 10.2.